The van der Waals surface area contributed by atoms with Gasteiger partial charge in [0.15, 0.2) is 0 Å². The summed E-state index contributed by atoms with van der Waals surface area (Å²) in [7, 11) is 0. The normalized spacial score (nSPS) is 9.77. The molecule has 0 rings (SSSR count). The van der Waals surface area contributed by atoms with Gasteiger partial charge in [-0.25, -0.2) is 0 Å². The van der Waals surface area contributed by atoms with Gasteiger partial charge in [-0.1, -0.05) is 97.3 Å². The molecule has 0 aliphatic rings. The fourth-order valence-corrected chi connectivity index (χ4v) is 2.64. The van der Waals surface area contributed by atoms with E-state index in [2.05, 4.69) is 13.8 Å². The maximum Gasteiger partial charge on any atom is 0.303 e. The molecule has 0 aliphatic heterocycles. The van der Waals surface area contributed by atoms with Crippen molar-refractivity contribution in [2.75, 3.05) is 0 Å². The van der Waals surface area contributed by atoms with Gasteiger partial charge in [-0.3, -0.25) is 9.59 Å². The first-order valence-electron chi connectivity index (χ1n) is 10.5. The number of aliphatic carboxylic acids is 2. The fraction of sp³-hybridized carbons (Fsp3) is 0.905. The zero-order chi connectivity index (χ0) is 19.2. The molecule has 0 saturated heterocycles. The largest absolute Gasteiger partial charge is 0.481 e. The van der Waals surface area contributed by atoms with Gasteiger partial charge in [-0.05, 0) is 12.8 Å². The Labute approximate surface area is 174 Å². The molecule has 0 radical (unpaired) electrons. The molecule has 0 amide bonds. The third-order valence-electron chi connectivity index (χ3n) is 4.24. The molecule has 0 aromatic carbocycles. The Morgan fingerprint density at radius 3 is 0.962 bits per heavy atom. The second kappa shape index (κ2) is 26.8. The van der Waals surface area contributed by atoms with E-state index in [1.54, 1.807) is 0 Å². The van der Waals surface area contributed by atoms with Crippen molar-refractivity contribution in [1.82, 2.24) is 0 Å². The molecule has 0 aromatic heterocycles. The molecule has 2 N–H and O–H groups in total. The summed E-state index contributed by atoms with van der Waals surface area (Å²) >= 11 is 0. The van der Waals surface area contributed by atoms with Gasteiger partial charge in [0, 0.05) is 32.3 Å². The number of hydrogen-bond acceptors (Lipinski definition) is 2. The maximum absolute atomic E-state index is 10.2. The van der Waals surface area contributed by atoms with Crippen molar-refractivity contribution in [3.05, 3.63) is 0 Å². The minimum Gasteiger partial charge on any atom is -0.481 e. The number of unbranched alkanes of at least 4 members (excludes halogenated alkanes) is 13. The molecule has 152 valence electrons. The number of carboxylic acid groups (broad SMARTS) is 2. The SMILES string of the molecule is CCCCCCCCCC(=O)O.CCCCCCCCCCC(=O)O.[Zn]. The first-order chi connectivity index (χ1) is 12.0. The summed E-state index contributed by atoms with van der Waals surface area (Å²) in [4.78, 5) is 20.3. The summed E-state index contributed by atoms with van der Waals surface area (Å²) < 4.78 is 0. The molecule has 0 fully saturated rings. The van der Waals surface area contributed by atoms with Crippen molar-refractivity contribution in [3.8, 4) is 0 Å². The minimum atomic E-state index is -0.663. The topological polar surface area (TPSA) is 74.6 Å². The second-order valence-corrected chi connectivity index (χ2v) is 6.88. The van der Waals surface area contributed by atoms with Crippen molar-refractivity contribution >= 4 is 11.9 Å². The molecular weight excluding hydrogens is 382 g/mol. The Morgan fingerprint density at radius 1 is 0.500 bits per heavy atom. The predicted molar refractivity (Wildman–Crippen MR) is 105 cm³/mol. The van der Waals surface area contributed by atoms with E-state index < -0.39 is 11.9 Å². The van der Waals surface area contributed by atoms with Gasteiger partial charge >= 0.3 is 11.9 Å². The first-order valence-corrected chi connectivity index (χ1v) is 10.5. The van der Waals surface area contributed by atoms with Crippen LogP contribution in [0.25, 0.3) is 0 Å². The number of carboxylic acids is 2. The van der Waals surface area contributed by atoms with E-state index in [0.717, 1.165) is 25.7 Å². The van der Waals surface area contributed by atoms with Gasteiger partial charge in [0.2, 0.25) is 0 Å². The Balaban J connectivity index is -0.000000393. The number of carbonyl (C=O) groups is 2. The molecule has 0 atom stereocenters. The first kappa shape index (κ1) is 30.3. The van der Waals surface area contributed by atoms with Crippen LogP contribution in [0, 0.1) is 0 Å². The summed E-state index contributed by atoms with van der Waals surface area (Å²) in [5, 5.41) is 16.7. The number of rotatable bonds is 17. The monoisotopic (exact) mass is 422 g/mol. The van der Waals surface area contributed by atoms with Gasteiger partial charge in [0.25, 0.3) is 0 Å². The average molecular weight is 424 g/mol. The van der Waals surface area contributed by atoms with E-state index in [4.69, 9.17) is 10.2 Å². The maximum atomic E-state index is 10.2. The van der Waals surface area contributed by atoms with E-state index in [0.29, 0.717) is 12.8 Å². The Hall–Kier alpha value is -0.437. The molecule has 0 aromatic rings. The van der Waals surface area contributed by atoms with Crippen LogP contribution in [-0.4, -0.2) is 22.2 Å². The summed E-state index contributed by atoms with van der Waals surface area (Å²) in [6, 6.07) is 0. The van der Waals surface area contributed by atoms with Crippen LogP contribution in [0.1, 0.15) is 123 Å². The molecule has 5 heteroatoms. The van der Waals surface area contributed by atoms with Crippen LogP contribution in [0.4, 0.5) is 0 Å². The van der Waals surface area contributed by atoms with Crippen molar-refractivity contribution < 1.29 is 39.3 Å². The molecule has 26 heavy (non-hydrogen) atoms. The fourth-order valence-electron chi connectivity index (χ4n) is 2.64. The van der Waals surface area contributed by atoms with Crippen LogP contribution in [0.5, 0.6) is 0 Å². The third-order valence-corrected chi connectivity index (χ3v) is 4.24. The molecular formula is C21H42O4Zn. The minimum absolute atomic E-state index is 0. The zero-order valence-corrected chi connectivity index (χ0v) is 20.4. The summed E-state index contributed by atoms with van der Waals surface area (Å²) in [6.45, 7) is 4.41. The summed E-state index contributed by atoms with van der Waals surface area (Å²) in [5.41, 5.74) is 0. The zero-order valence-electron chi connectivity index (χ0n) is 17.4. The predicted octanol–water partition coefficient (Wildman–Crippen LogP) is 6.81. The molecule has 0 spiro atoms. The van der Waals surface area contributed by atoms with Crippen LogP contribution in [0.15, 0.2) is 0 Å². The van der Waals surface area contributed by atoms with Crippen LogP contribution in [-0.2, 0) is 29.1 Å². The smallest absolute Gasteiger partial charge is 0.303 e. The van der Waals surface area contributed by atoms with Crippen LogP contribution in [0.3, 0.4) is 0 Å². The standard InChI is InChI=1S/C11H22O2.C10H20O2.Zn/c1-2-3-4-5-6-7-8-9-10-11(12)13;1-2-3-4-5-6-7-8-9-10(11)12;/h2-10H2,1H3,(H,12,13);2-9H2,1H3,(H,11,12);. The van der Waals surface area contributed by atoms with Crippen molar-refractivity contribution in [2.45, 2.75) is 123 Å². The Bertz CT molecular complexity index is 296. The van der Waals surface area contributed by atoms with Gasteiger partial charge in [0.1, 0.15) is 0 Å². The Kier molecular flexibility index (Phi) is 31.2. The van der Waals surface area contributed by atoms with Crippen LogP contribution < -0.4 is 0 Å². The van der Waals surface area contributed by atoms with Gasteiger partial charge in [-0.2, -0.15) is 0 Å². The van der Waals surface area contributed by atoms with Gasteiger partial charge in [0.05, 0.1) is 0 Å². The van der Waals surface area contributed by atoms with Crippen molar-refractivity contribution in [2.24, 2.45) is 0 Å². The summed E-state index contributed by atoms with van der Waals surface area (Å²) in [6.07, 6.45) is 18.7. The van der Waals surface area contributed by atoms with E-state index in [9.17, 15) is 9.59 Å². The summed E-state index contributed by atoms with van der Waals surface area (Å²) in [5.74, 6) is -1.32. The third kappa shape index (κ3) is 34.8. The quantitative estimate of drug-likeness (QED) is 0.199. The second-order valence-electron chi connectivity index (χ2n) is 6.88. The van der Waals surface area contributed by atoms with E-state index in [1.807, 2.05) is 0 Å². The van der Waals surface area contributed by atoms with Crippen molar-refractivity contribution in [3.63, 3.8) is 0 Å². The van der Waals surface area contributed by atoms with Gasteiger partial charge < -0.3 is 10.2 Å². The molecule has 0 bridgehead atoms. The van der Waals surface area contributed by atoms with E-state index >= 15 is 0 Å². The Morgan fingerprint density at radius 2 is 0.731 bits per heavy atom. The van der Waals surface area contributed by atoms with E-state index in [-0.39, 0.29) is 19.5 Å². The average Bonchev–Trinajstić information content (AvgIpc) is 2.56. The van der Waals surface area contributed by atoms with E-state index in [1.165, 1.54) is 70.6 Å². The number of hydrogen-bond donors (Lipinski definition) is 2. The molecule has 4 nitrogen and oxygen atoms in total. The van der Waals surface area contributed by atoms with Gasteiger partial charge in [-0.15, -0.1) is 0 Å². The van der Waals surface area contributed by atoms with Crippen molar-refractivity contribution in [1.29, 1.82) is 0 Å². The molecule has 0 saturated carbocycles. The molecule has 0 unspecified atom stereocenters. The molecule has 0 aliphatic carbocycles. The van der Waals surface area contributed by atoms with Crippen LogP contribution in [0.2, 0.25) is 0 Å². The van der Waals surface area contributed by atoms with Crippen LogP contribution >= 0.6 is 0 Å². The molecule has 0 heterocycles.